The molecule has 0 saturated heterocycles. The number of amides is 2. The Labute approximate surface area is 199 Å². The fraction of sp³-hybridized carbons (Fsp3) is 0.276. The molecule has 3 aromatic carbocycles. The van der Waals surface area contributed by atoms with Gasteiger partial charge >= 0.3 is 0 Å². The van der Waals surface area contributed by atoms with E-state index in [2.05, 4.69) is 30.5 Å². The number of anilines is 1. The molecule has 1 aliphatic heterocycles. The summed E-state index contributed by atoms with van der Waals surface area (Å²) in [4.78, 5) is 27.4. The second-order valence-corrected chi connectivity index (χ2v) is 10.2. The van der Waals surface area contributed by atoms with Gasteiger partial charge in [-0.2, -0.15) is 5.10 Å². The van der Waals surface area contributed by atoms with Gasteiger partial charge in [0.2, 0.25) is 0 Å². The van der Waals surface area contributed by atoms with Gasteiger partial charge in [-0.1, -0.05) is 56.3 Å². The van der Waals surface area contributed by atoms with Crippen molar-refractivity contribution in [1.82, 2.24) is 5.43 Å². The Morgan fingerprint density at radius 2 is 1.88 bits per heavy atom. The number of nitrogens with zero attached hydrogens (tertiary/aromatic N) is 2. The zero-order valence-electron chi connectivity index (χ0n) is 19.4. The zero-order valence-corrected chi connectivity index (χ0v) is 19.4. The van der Waals surface area contributed by atoms with Gasteiger partial charge in [0.05, 0.1) is 18.4 Å². The van der Waals surface area contributed by atoms with Crippen LogP contribution in [0.3, 0.4) is 0 Å². The molecule has 0 radical (unpaired) electrons. The van der Waals surface area contributed by atoms with E-state index in [9.17, 15) is 9.59 Å². The summed E-state index contributed by atoms with van der Waals surface area (Å²) in [6.45, 7) is 5.10. The van der Waals surface area contributed by atoms with E-state index in [1.165, 1.54) is 12.0 Å². The maximum Gasteiger partial charge on any atom is 0.271 e. The van der Waals surface area contributed by atoms with Crippen LogP contribution < -0.4 is 10.3 Å². The Morgan fingerprint density at radius 3 is 2.62 bits per heavy atom. The van der Waals surface area contributed by atoms with Gasteiger partial charge in [-0.05, 0) is 70.9 Å². The Kier molecular flexibility index (Phi) is 4.70. The van der Waals surface area contributed by atoms with Crippen LogP contribution in [0.15, 0.2) is 77.4 Å². The summed E-state index contributed by atoms with van der Waals surface area (Å²) in [5.41, 5.74) is 7.42. The number of nitrogens with one attached hydrogen (secondary N) is 1. The first kappa shape index (κ1) is 20.8. The molecule has 3 aliphatic carbocycles. The number of carbonyl (C=O) groups is 2. The molecule has 5 heteroatoms. The number of benzene rings is 3. The molecule has 34 heavy (non-hydrogen) atoms. The van der Waals surface area contributed by atoms with Crippen LogP contribution in [0.2, 0.25) is 0 Å². The summed E-state index contributed by atoms with van der Waals surface area (Å²) in [7, 11) is 0. The molecule has 1 N–H and O–H groups in total. The number of allylic oxidation sites excluding steroid dienone is 2. The molecular weight excluding hydrogens is 422 g/mol. The van der Waals surface area contributed by atoms with E-state index >= 15 is 0 Å². The van der Waals surface area contributed by atoms with Gasteiger partial charge in [0.1, 0.15) is 0 Å². The molecule has 0 aromatic heterocycles. The number of rotatable bonds is 5. The van der Waals surface area contributed by atoms with Crippen molar-refractivity contribution in [3.8, 4) is 0 Å². The number of hydrogen-bond donors (Lipinski definition) is 1. The van der Waals surface area contributed by atoms with E-state index in [-0.39, 0.29) is 11.8 Å². The molecule has 1 fully saturated rings. The van der Waals surface area contributed by atoms with Crippen molar-refractivity contribution in [3.05, 3.63) is 89.0 Å². The Morgan fingerprint density at radius 1 is 1.12 bits per heavy atom. The lowest BCUT2D eigenvalue weighted by molar-refractivity contribution is -0.00126. The van der Waals surface area contributed by atoms with Crippen LogP contribution in [0, 0.1) is 17.3 Å². The van der Waals surface area contributed by atoms with Crippen LogP contribution >= 0.6 is 0 Å². The highest BCUT2D eigenvalue weighted by molar-refractivity contribution is 6.24. The summed E-state index contributed by atoms with van der Waals surface area (Å²) in [6.07, 6.45) is 6.39. The smallest absolute Gasteiger partial charge is 0.271 e. The number of hydrogen-bond acceptors (Lipinski definition) is 3. The average molecular weight is 450 g/mol. The van der Waals surface area contributed by atoms with Crippen molar-refractivity contribution < 1.29 is 9.59 Å². The van der Waals surface area contributed by atoms with E-state index in [1.807, 2.05) is 54.7 Å². The average Bonchev–Trinajstić information content (AvgIpc) is 3.12. The van der Waals surface area contributed by atoms with Crippen LogP contribution in [-0.4, -0.2) is 18.0 Å². The first-order valence-electron chi connectivity index (χ1n) is 11.9. The summed E-state index contributed by atoms with van der Waals surface area (Å²) < 4.78 is 0. The molecule has 7 rings (SSSR count). The maximum atomic E-state index is 13.0. The van der Waals surface area contributed by atoms with Crippen LogP contribution in [-0.2, 0) is 6.54 Å². The Bertz CT molecular complexity index is 1380. The first-order chi connectivity index (χ1) is 16.4. The monoisotopic (exact) mass is 449 g/mol. The topological polar surface area (TPSA) is 61.8 Å². The molecule has 4 aliphatic rings. The van der Waals surface area contributed by atoms with Crippen molar-refractivity contribution in [2.45, 2.75) is 33.2 Å². The SMILES string of the molecule is CC1(C)C2CC=C(C=NNC(=O)c3ccc(CN4C(=O)c5cccc6cccc4c56)cc3)C1C2. The third kappa shape index (κ3) is 3.18. The minimum absolute atomic E-state index is 0.0148. The number of fused-ring (bicyclic) bond motifs is 1. The first-order valence-corrected chi connectivity index (χ1v) is 11.9. The fourth-order valence-corrected chi connectivity index (χ4v) is 5.86. The molecular formula is C29H27N3O2. The summed E-state index contributed by atoms with van der Waals surface area (Å²) >= 11 is 0. The highest BCUT2D eigenvalue weighted by atomic mass is 16.2. The van der Waals surface area contributed by atoms with E-state index in [4.69, 9.17) is 0 Å². The highest BCUT2D eigenvalue weighted by Crippen LogP contribution is 2.58. The third-order valence-corrected chi connectivity index (χ3v) is 8.10. The van der Waals surface area contributed by atoms with Gasteiger partial charge < -0.3 is 4.90 Å². The van der Waals surface area contributed by atoms with Crippen LogP contribution in [0.1, 0.15) is 53.0 Å². The maximum absolute atomic E-state index is 13.0. The molecule has 2 bridgehead atoms. The third-order valence-electron chi connectivity index (χ3n) is 8.10. The van der Waals surface area contributed by atoms with Gasteiger partial charge in [0.15, 0.2) is 0 Å². The zero-order chi connectivity index (χ0) is 23.4. The van der Waals surface area contributed by atoms with E-state index in [0.717, 1.165) is 39.9 Å². The van der Waals surface area contributed by atoms with E-state index in [0.29, 0.717) is 23.4 Å². The second kappa shape index (κ2) is 7.66. The summed E-state index contributed by atoms with van der Waals surface area (Å²) in [6, 6.07) is 19.2. The van der Waals surface area contributed by atoms with Gasteiger partial charge in [-0.3, -0.25) is 9.59 Å². The molecule has 0 spiro atoms. The van der Waals surface area contributed by atoms with Crippen molar-refractivity contribution in [1.29, 1.82) is 0 Å². The Balaban J connectivity index is 1.12. The quantitative estimate of drug-likeness (QED) is 0.401. The molecule has 2 unspecified atom stereocenters. The standard InChI is InChI=1S/C29H27N3O2/c1-29(2)22-14-13-21(24(29)15-22)16-30-31-27(33)20-11-9-18(10-12-20)17-32-25-8-4-6-19-5-3-7-23(26(19)25)28(32)34/h3-13,16,22,24H,14-15,17H2,1-2H3,(H,31,33). The van der Waals surface area contributed by atoms with E-state index in [1.54, 1.807) is 17.0 Å². The molecule has 3 aromatic rings. The normalized spacial score (nSPS) is 22.1. The van der Waals surface area contributed by atoms with Crippen molar-refractivity contribution >= 4 is 34.5 Å². The lowest BCUT2D eigenvalue weighted by Gasteiger charge is -2.55. The largest absolute Gasteiger partial charge is 0.303 e. The Hall–Kier alpha value is -3.73. The second-order valence-electron chi connectivity index (χ2n) is 10.2. The lowest BCUT2D eigenvalue weighted by Crippen LogP contribution is -2.48. The predicted molar refractivity (Wildman–Crippen MR) is 135 cm³/mol. The lowest BCUT2D eigenvalue weighted by atomic mass is 9.49. The molecule has 1 saturated carbocycles. The van der Waals surface area contributed by atoms with Gasteiger partial charge in [0.25, 0.3) is 11.8 Å². The van der Waals surface area contributed by atoms with Crippen molar-refractivity contribution in [2.75, 3.05) is 4.90 Å². The van der Waals surface area contributed by atoms with Gasteiger partial charge in [0, 0.05) is 16.5 Å². The van der Waals surface area contributed by atoms with Crippen LogP contribution in [0.4, 0.5) is 5.69 Å². The van der Waals surface area contributed by atoms with Gasteiger partial charge in [-0.25, -0.2) is 5.43 Å². The van der Waals surface area contributed by atoms with Crippen molar-refractivity contribution in [2.24, 2.45) is 22.4 Å². The molecule has 5 nitrogen and oxygen atoms in total. The predicted octanol–water partition coefficient (Wildman–Crippen LogP) is 5.71. The van der Waals surface area contributed by atoms with Crippen LogP contribution in [0.5, 0.6) is 0 Å². The van der Waals surface area contributed by atoms with E-state index < -0.39 is 0 Å². The number of hydrazone groups is 1. The number of carbonyl (C=O) groups excluding carboxylic acids is 2. The molecule has 1 heterocycles. The van der Waals surface area contributed by atoms with Crippen molar-refractivity contribution in [3.63, 3.8) is 0 Å². The fourth-order valence-electron chi connectivity index (χ4n) is 5.86. The van der Waals surface area contributed by atoms with Gasteiger partial charge in [-0.15, -0.1) is 0 Å². The molecule has 170 valence electrons. The summed E-state index contributed by atoms with van der Waals surface area (Å²) in [5, 5.41) is 6.31. The minimum atomic E-state index is -0.237. The highest BCUT2D eigenvalue weighted by Gasteiger charge is 2.50. The van der Waals surface area contributed by atoms with Crippen LogP contribution in [0.25, 0.3) is 10.8 Å². The minimum Gasteiger partial charge on any atom is -0.303 e. The molecule has 2 atom stereocenters. The molecule has 2 amide bonds. The summed E-state index contributed by atoms with van der Waals surface area (Å²) in [5.74, 6) is 1.09.